The van der Waals surface area contributed by atoms with Gasteiger partial charge in [-0.25, -0.2) is 4.79 Å². The number of hydrogen-bond acceptors (Lipinski definition) is 8. The molecule has 0 aliphatic carbocycles. The molecule has 0 aromatic heterocycles. The topological polar surface area (TPSA) is 113 Å². The predicted octanol–water partition coefficient (Wildman–Crippen LogP) is 3.05. The Morgan fingerprint density at radius 2 is 2.13 bits per heavy atom. The monoisotopic (exact) mass is 415 g/mol. The van der Waals surface area contributed by atoms with Crippen LogP contribution in [0.15, 0.2) is 45.5 Å². The molecule has 0 radical (unpaired) electrons. The molecular formula is C21H25N3O6. The van der Waals surface area contributed by atoms with Crippen molar-refractivity contribution < 1.29 is 23.9 Å². The van der Waals surface area contributed by atoms with Gasteiger partial charge in [-0.3, -0.25) is 20.1 Å². The van der Waals surface area contributed by atoms with Crippen LogP contribution >= 0.6 is 0 Å². The second-order valence-electron chi connectivity index (χ2n) is 6.96. The van der Waals surface area contributed by atoms with Crippen LogP contribution in [0.1, 0.15) is 31.7 Å². The Kier molecular flexibility index (Phi) is 6.94. The molecule has 2 aliphatic rings. The zero-order valence-corrected chi connectivity index (χ0v) is 17.3. The normalized spacial score (nSPS) is 21.0. The van der Waals surface area contributed by atoms with Gasteiger partial charge in [0.25, 0.3) is 5.69 Å². The third kappa shape index (κ3) is 4.40. The molecule has 9 nitrogen and oxygen atoms in total. The van der Waals surface area contributed by atoms with E-state index in [0.717, 1.165) is 5.71 Å². The van der Waals surface area contributed by atoms with Crippen molar-refractivity contribution in [2.24, 2.45) is 15.9 Å². The molecule has 30 heavy (non-hydrogen) atoms. The zero-order valence-electron chi connectivity index (χ0n) is 17.3. The first-order chi connectivity index (χ1) is 14.5. The van der Waals surface area contributed by atoms with Gasteiger partial charge < -0.3 is 14.2 Å². The van der Waals surface area contributed by atoms with E-state index in [1.165, 1.54) is 19.2 Å². The van der Waals surface area contributed by atoms with Crippen molar-refractivity contribution >= 4 is 23.3 Å². The van der Waals surface area contributed by atoms with Gasteiger partial charge in [-0.15, -0.1) is 0 Å². The van der Waals surface area contributed by atoms with Crippen molar-refractivity contribution in [2.45, 2.75) is 26.2 Å². The first kappa shape index (κ1) is 21.6. The number of rotatable bonds is 8. The highest BCUT2D eigenvalue weighted by Crippen LogP contribution is 2.42. The summed E-state index contributed by atoms with van der Waals surface area (Å²) in [5, 5.41) is 11.4. The number of benzene rings is 1. The van der Waals surface area contributed by atoms with E-state index >= 15 is 0 Å². The molecular weight excluding hydrogens is 390 g/mol. The minimum Gasteiger partial charge on any atom is -0.479 e. The molecule has 2 aliphatic heterocycles. The molecule has 0 bridgehead atoms. The lowest BCUT2D eigenvalue weighted by Crippen LogP contribution is -2.37. The molecule has 3 rings (SSSR count). The van der Waals surface area contributed by atoms with Gasteiger partial charge in [0.15, 0.2) is 5.90 Å². The van der Waals surface area contributed by atoms with Gasteiger partial charge in [0.05, 0.1) is 29.6 Å². The maximum absolute atomic E-state index is 13.0. The minimum atomic E-state index is -0.552. The molecule has 2 heterocycles. The van der Waals surface area contributed by atoms with Gasteiger partial charge in [0, 0.05) is 36.6 Å². The fourth-order valence-corrected chi connectivity index (χ4v) is 3.81. The van der Waals surface area contributed by atoms with Crippen LogP contribution < -0.4 is 0 Å². The quantitative estimate of drug-likeness (QED) is 0.279. The fourth-order valence-electron chi connectivity index (χ4n) is 3.81. The third-order valence-electron chi connectivity index (χ3n) is 5.12. The summed E-state index contributed by atoms with van der Waals surface area (Å²) in [4.78, 5) is 33.1. The number of allylic oxidation sites excluding steroid dienone is 1. The van der Waals surface area contributed by atoms with Gasteiger partial charge in [-0.2, -0.15) is 0 Å². The van der Waals surface area contributed by atoms with E-state index in [0.29, 0.717) is 42.3 Å². The van der Waals surface area contributed by atoms with Crippen LogP contribution in [0.5, 0.6) is 0 Å². The number of nitro groups is 1. The molecule has 0 N–H and O–H groups in total. The molecule has 1 aromatic rings. The van der Waals surface area contributed by atoms with Crippen LogP contribution in [0.3, 0.4) is 0 Å². The van der Waals surface area contributed by atoms with Gasteiger partial charge in [0.2, 0.25) is 0 Å². The number of carbonyl (C=O) groups excluding carboxylic acids is 1. The van der Waals surface area contributed by atoms with E-state index in [-0.39, 0.29) is 18.9 Å². The van der Waals surface area contributed by atoms with Crippen molar-refractivity contribution in [3.05, 3.63) is 51.2 Å². The van der Waals surface area contributed by atoms with Crippen molar-refractivity contribution in [3.8, 4) is 0 Å². The summed E-state index contributed by atoms with van der Waals surface area (Å²) in [5.41, 5.74) is 2.27. The summed E-state index contributed by atoms with van der Waals surface area (Å²) in [6.45, 7) is 5.07. The number of carbonyl (C=O) groups is 1. The van der Waals surface area contributed by atoms with Crippen molar-refractivity contribution in [3.63, 3.8) is 0 Å². The van der Waals surface area contributed by atoms with Gasteiger partial charge in [-0.1, -0.05) is 19.1 Å². The number of ether oxygens (including phenoxy) is 3. The largest absolute Gasteiger partial charge is 0.479 e. The number of aliphatic imine (C=N–C) groups is 2. The fraction of sp³-hybridized carbons (Fsp3) is 0.476. The second kappa shape index (κ2) is 9.62. The molecule has 2 unspecified atom stereocenters. The summed E-state index contributed by atoms with van der Waals surface area (Å²) in [5.74, 6) is -0.997. The molecule has 160 valence electrons. The van der Waals surface area contributed by atoms with E-state index in [1.54, 1.807) is 19.1 Å². The van der Waals surface area contributed by atoms with Gasteiger partial charge in [-0.05, 0) is 18.9 Å². The zero-order chi connectivity index (χ0) is 21.7. The number of hydrogen-bond donors (Lipinski definition) is 0. The number of non-ortho nitro benzene ring substituents is 1. The Bertz CT molecular complexity index is 921. The average molecular weight is 415 g/mol. The highest BCUT2D eigenvalue weighted by molar-refractivity contribution is 6.09. The van der Waals surface area contributed by atoms with E-state index in [9.17, 15) is 14.9 Å². The third-order valence-corrected chi connectivity index (χ3v) is 5.12. The Labute approximate surface area is 174 Å². The summed E-state index contributed by atoms with van der Waals surface area (Å²) >= 11 is 0. The SMILES string of the molecule is CCC1=NC(C)=C(C(=O)OCCOC)C(c2cccc([N+](=O)[O-])c2)C1C1=NCCO1. The lowest BCUT2D eigenvalue weighted by Gasteiger charge is -2.33. The standard InChI is InChI=1S/C21H25N3O6/c1-4-16-19(20-22-8-9-29-20)18(14-6-5-7-15(12-14)24(26)27)17(13(2)23-16)21(25)30-11-10-28-3/h5-7,12,18-19H,4,8-11H2,1-3H3. The molecule has 9 heteroatoms. The van der Waals surface area contributed by atoms with E-state index in [4.69, 9.17) is 14.2 Å². The lowest BCUT2D eigenvalue weighted by molar-refractivity contribution is -0.384. The lowest BCUT2D eigenvalue weighted by atomic mass is 9.74. The highest BCUT2D eigenvalue weighted by Gasteiger charge is 2.43. The molecule has 2 atom stereocenters. The van der Waals surface area contributed by atoms with Crippen LogP contribution in [0.25, 0.3) is 0 Å². The van der Waals surface area contributed by atoms with Crippen molar-refractivity contribution in [2.75, 3.05) is 33.5 Å². The summed E-state index contributed by atoms with van der Waals surface area (Å²) in [6, 6.07) is 6.30. The predicted molar refractivity (Wildman–Crippen MR) is 111 cm³/mol. The maximum Gasteiger partial charge on any atom is 0.336 e. The van der Waals surface area contributed by atoms with Crippen LogP contribution in [0, 0.1) is 16.0 Å². The summed E-state index contributed by atoms with van der Waals surface area (Å²) in [7, 11) is 1.52. The number of nitro benzene ring substituents is 1. The van der Waals surface area contributed by atoms with E-state index < -0.39 is 22.7 Å². The molecule has 0 spiro atoms. The van der Waals surface area contributed by atoms with Gasteiger partial charge in [0.1, 0.15) is 13.2 Å². The van der Waals surface area contributed by atoms with Crippen LogP contribution in [0.2, 0.25) is 0 Å². The highest BCUT2D eigenvalue weighted by atomic mass is 16.6. The Hall–Kier alpha value is -3.07. The van der Waals surface area contributed by atoms with Crippen molar-refractivity contribution in [1.29, 1.82) is 0 Å². The minimum absolute atomic E-state index is 0.0501. The van der Waals surface area contributed by atoms with Crippen LogP contribution in [0.4, 0.5) is 5.69 Å². The number of methoxy groups -OCH3 is 1. The van der Waals surface area contributed by atoms with Crippen LogP contribution in [-0.2, 0) is 19.0 Å². The summed E-state index contributed by atoms with van der Waals surface area (Å²) in [6.07, 6.45) is 0.627. The molecule has 0 saturated heterocycles. The van der Waals surface area contributed by atoms with Crippen molar-refractivity contribution in [1.82, 2.24) is 0 Å². The molecule has 0 amide bonds. The Morgan fingerprint density at radius 1 is 1.33 bits per heavy atom. The summed E-state index contributed by atoms with van der Waals surface area (Å²) < 4.78 is 16.1. The first-order valence-corrected chi connectivity index (χ1v) is 9.83. The van der Waals surface area contributed by atoms with Crippen LogP contribution in [-0.4, -0.2) is 56.0 Å². The van der Waals surface area contributed by atoms with Gasteiger partial charge >= 0.3 is 5.97 Å². The van der Waals surface area contributed by atoms with E-state index in [2.05, 4.69) is 9.98 Å². The molecule has 0 saturated carbocycles. The molecule has 1 aromatic carbocycles. The molecule has 0 fully saturated rings. The Balaban J connectivity index is 2.13. The maximum atomic E-state index is 13.0. The van der Waals surface area contributed by atoms with E-state index in [1.807, 2.05) is 6.92 Å². The Morgan fingerprint density at radius 3 is 2.77 bits per heavy atom. The number of esters is 1. The number of nitrogens with zero attached hydrogens (tertiary/aromatic N) is 3. The average Bonchev–Trinajstić information content (AvgIpc) is 3.27. The second-order valence-corrected chi connectivity index (χ2v) is 6.96. The first-order valence-electron chi connectivity index (χ1n) is 9.83. The smallest absolute Gasteiger partial charge is 0.336 e.